The van der Waals surface area contributed by atoms with E-state index < -0.39 is 0 Å². The summed E-state index contributed by atoms with van der Waals surface area (Å²) >= 11 is 0. The maximum atomic E-state index is 5.78. The topological polar surface area (TPSA) is 29.3 Å². The summed E-state index contributed by atoms with van der Waals surface area (Å²) in [6.45, 7) is 12.5. The molecule has 0 spiro atoms. The molecule has 13 heavy (non-hydrogen) atoms. The van der Waals surface area contributed by atoms with Crippen LogP contribution in [0.2, 0.25) is 0 Å². The minimum atomic E-state index is 0.400. The Labute approximate surface area is 82.5 Å². The van der Waals surface area contributed by atoms with Crippen LogP contribution in [0.25, 0.3) is 0 Å². The van der Waals surface area contributed by atoms with E-state index in [4.69, 9.17) is 5.73 Å². The third-order valence-electron chi connectivity index (χ3n) is 3.50. The highest BCUT2D eigenvalue weighted by Gasteiger charge is 2.35. The van der Waals surface area contributed by atoms with Crippen LogP contribution in [0, 0.1) is 11.3 Å². The Morgan fingerprint density at radius 3 is 2.46 bits per heavy atom. The average Bonchev–Trinajstić information content (AvgIpc) is 2.02. The highest BCUT2D eigenvalue weighted by molar-refractivity contribution is 4.88. The normalized spacial score (nSPS) is 29.5. The summed E-state index contributed by atoms with van der Waals surface area (Å²) in [5.41, 5.74) is 6.18. The second-order valence-corrected chi connectivity index (χ2v) is 5.27. The lowest BCUT2D eigenvalue weighted by Crippen LogP contribution is -2.50. The molecule has 0 saturated carbocycles. The van der Waals surface area contributed by atoms with Gasteiger partial charge in [-0.3, -0.25) is 0 Å². The van der Waals surface area contributed by atoms with Gasteiger partial charge in [0.25, 0.3) is 0 Å². The van der Waals surface area contributed by atoms with E-state index in [1.54, 1.807) is 0 Å². The van der Waals surface area contributed by atoms with E-state index in [2.05, 4.69) is 32.6 Å². The van der Waals surface area contributed by atoms with Crippen molar-refractivity contribution in [3.63, 3.8) is 0 Å². The minimum absolute atomic E-state index is 0.400. The molecule has 0 aliphatic carbocycles. The van der Waals surface area contributed by atoms with Crippen molar-refractivity contribution in [2.24, 2.45) is 17.1 Å². The molecule has 0 aromatic carbocycles. The lowest BCUT2D eigenvalue weighted by Gasteiger charge is -2.45. The first-order valence-electron chi connectivity index (χ1n) is 5.41. The summed E-state index contributed by atoms with van der Waals surface area (Å²) in [6.07, 6.45) is 1.27. The first-order chi connectivity index (χ1) is 5.97. The Balaban J connectivity index is 2.59. The third kappa shape index (κ3) is 2.44. The van der Waals surface area contributed by atoms with Crippen molar-refractivity contribution in [3.8, 4) is 0 Å². The van der Waals surface area contributed by atoms with Gasteiger partial charge in [-0.05, 0) is 44.7 Å². The fraction of sp³-hybridized carbons (Fsp3) is 1.00. The molecule has 0 aromatic rings. The van der Waals surface area contributed by atoms with Gasteiger partial charge in [0.15, 0.2) is 0 Å². The van der Waals surface area contributed by atoms with Crippen molar-refractivity contribution in [2.75, 3.05) is 19.6 Å². The fourth-order valence-electron chi connectivity index (χ4n) is 2.32. The molecule has 78 valence electrons. The molecule has 0 bridgehead atoms. The molecule has 0 radical (unpaired) electrons. The Morgan fingerprint density at radius 1 is 1.46 bits per heavy atom. The second kappa shape index (κ2) is 3.97. The molecule has 1 saturated heterocycles. The van der Waals surface area contributed by atoms with Gasteiger partial charge >= 0.3 is 0 Å². The molecule has 1 heterocycles. The molecule has 1 unspecified atom stereocenters. The maximum Gasteiger partial charge on any atom is 0.00388 e. The smallest absolute Gasteiger partial charge is 0.00388 e. The summed E-state index contributed by atoms with van der Waals surface area (Å²) in [5.74, 6) is 0.711. The third-order valence-corrected chi connectivity index (χ3v) is 3.50. The number of rotatable bonds is 2. The zero-order chi connectivity index (χ0) is 10.1. The summed E-state index contributed by atoms with van der Waals surface area (Å²) in [4.78, 5) is 2.56. The first kappa shape index (κ1) is 11.0. The molecule has 2 heteroatoms. The standard InChI is InChI=1S/C11H24N2/c1-9(2)13-6-5-10(7-12)11(3,4)8-13/h9-10H,5-8,12H2,1-4H3. The van der Waals surface area contributed by atoms with E-state index in [0.29, 0.717) is 17.4 Å². The van der Waals surface area contributed by atoms with Crippen molar-refractivity contribution >= 4 is 0 Å². The van der Waals surface area contributed by atoms with Crippen molar-refractivity contribution < 1.29 is 0 Å². The largest absolute Gasteiger partial charge is 0.330 e. The number of hydrogen-bond donors (Lipinski definition) is 1. The highest BCUT2D eigenvalue weighted by atomic mass is 15.2. The molecular weight excluding hydrogens is 160 g/mol. The predicted molar refractivity (Wildman–Crippen MR) is 57.7 cm³/mol. The molecule has 1 fully saturated rings. The van der Waals surface area contributed by atoms with Gasteiger partial charge in [0.2, 0.25) is 0 Å². The molecule has 0 aromatic heterocycles. The zero-order valence-electron chi connectivity index (χ0n) is 9.51. The summed E-state index contributed by atoms with van der Waals surface area (Å²) < 4.78 is 0. The SMILES string of the molecule is CC(C)N1CCC(CN)C(C)(C)C1. The fourth-order valence-corrected chi connectivity index (χ4v) is 2.32. The van der Waals surface area contributed by atoms with Crippen molar-refractivity contribution in [2.45, 2.75) is 40.2 Å². The molecule has 1 aliphatic rings. The van der Waals surface area contributed by atoms with Crippen molar-refractivity contribution in [1.29, 1.82) is 0 Å². The van der Waals surface area contributed by atoms with Crippen LogP contribution < -0.4 is 5.73 Å². The van der Waals surface area contributed by atoms with Crippen LogP contribution in [0.3, 0.4) is 0 Å². The van der Waals surface area contributed by atoms with Gasteiger partial charge in [-0.15, -0.1) is 0 Å². The van der Waals surface area contributed by atoms with Gasteiger partial charge in [-0.25, -0.2) is 0 Å². The van der Waals surface area contributed by atoms with E-state index in [9.17, 15) is 0 Å². The van der Waals surface area contributed by atoms with E-state index in [1.165, 1.54) is 19.5 Å². The monoisotopic (exact) mass is 184 g/mol. The van der Waals surface area contributed by atoms with Crippen molar-refractivity contribution in [3.05, 3.63) is 0 Å². The van der Waals surface area contributed by atoms with Crippen LogP contribution in [0.5, 0.6) is 0 Å². The molecule has 2 nitrogen and oxygen atoms in total. The molecule has 0 amide bonds. The van der Waals surface area contributed by atoms with Gasteiger partial charge in [-0.2, -0.15) is 0 Å². The lowest BCUT2D eigenvalue weighted by molar-refractivity contribution is 0.0408. The van der Waals surface area contributed by atoms with Crippen LogP contribution >= 0.6 is 0 Å². The summed E-state index contributed by atoms with van der Waals surface area (Å²) in [7, 11) is 0. The lowest BCUT2D eigenvalue weighted by atomic mass is 9.73. The van der Waals surface area contributed by atoms with Gasteiger partial charge in [0.05, 0.1) is 0 Å². The number of piperidine rings is 1. The van der Waals surface area contributed by atoms with Gasteiger partial charge < -0.3 is 10.6 Å². The number of nitrogens with zero attached hydrogens (tertiary/aromatic N) is 1. The zero-order valence-corrected chi connectivity index (χ0v) is 9.51. The number of likely N-dealkylation sites (tertiary alicyclic amines) is 1. The maximum absolute atomic E-state index is 5.78. The molecule has 1 rings (SSSR count). The van der Waals surface area contributed by atoms with Gasteiger partial charge in [0.1, 0.15) is 0 Å². The Morgan fingerprint density at radius 2 is 2.08 bits per heavy atom. The van der Waals surface area contributed by atoms with E-state index in [1.807, 2.05) is 0 Å². The molecular formula is C11H24N2. The van der Waals surface area contributed by atoms with Gasteiger partial charge in [0, 0.05) is 12.6 Å². The average molecular weight is 184 g/mol. The van der Waals surface area contributed by atoms with Crippen LogP contribution in [-0.2, 0) is 0 Å². The molecule has 1 atom stereocenters. The predicted octanol–water partition coefficient (Wildman–Crippen LogP) is 1.70. The van der Waals surface area contributed by atoms with Crippen LogP contribution in [0.15, 0.2) is 0 Å². The summed E-state index contributed by atoms with van der Waals surface area (Å²) in [6, 6.07) is 0.679. The first-order valence-corrected chi connectivity index (χ1v) is 5.41. The molecule has 1 aliphatic heterocycles. The number of hydrogen-bond acceptors (Lipinski definition) is 2. The quantitative estimate of drug-likeness (QED) is 0.708. The van der Waals surface area contributed by atoms with E-state index in [-0.39, 0.29) is 0 Å². The second-order valence-electron chi connectivity index (χ2n) is 5.27. The Hall–Kier alpha value is -0.0800. The van der Waals surface area contributed by atoms with Gasteiger partial charge in [-0.1, -0.05) is 13.8 Å². The Kier molecular flexibility index (Phi) is 3.36. The van der Waals surface area contributed by atoms with E-state index in [0.717, 1.165) is 6.54 Å². The van der Waals surface area contributed by atoms with E-state index >= 15 is 0 Å². The van der Waals surface area contributed by atoms with Crippen LogP contribution in [0.4, 0.5) is 0 Å². The van der Waals surface area contributed by atoms with Crippen LogP contribution in [-0.4, -0.2) is 30.6 Å². The summed E-state index contributed by atoms with van der Waals surface area (Å²) in [5, 5.41) is 0. The Bertz CT molecular complexity index is 163. The highest BCUT2D eigenvalue weighted by Crippen LogP contribution is 2.34. The number of nitrogens with two attached hydrogens (primary N) is 1. The van der Waals surface area contributed by atoms with Crippen molar-refractivity contribution in [1.82, 2.24) is 4.90 Å². The molecule has 2 N–H and O–H groups in total. The van der Waals surface area contributed by atoms with Crippen LogP contribution in [0.1, 0.15) is 34.1 Å². The minimum Gasteiger partial charge on any atom is -0.330 e.